The molecule has 0 fully saturated rings. The smallest absolute Gasteiger partial charge is 0.316 e. The van der Waals surface area contributed by atoms with Gasteiger partial charge < -0.3 is 11.1 Å². The van der Waals surface area contributed by atoms with Crippen molar-refractivity contribution in [3.63, 3.8) is 0 Å². The molecule has 0 atom stereocenters. The number of halogens is 2. The molecule has 3 rings (SSSR count). The summed E-state index contributed by atoms with van der Waals surface area (Å²) in [5.74, 6) is -0.314. The maximum absolute atomic E-state index is 12.3. The molecule has 0 aliphatic heterocycles. The first kappa shape index (κ1) is 18.2. The van der Waals surface area contributed by atoms with Gasteiger partial charge in [0.1, 0.15) is 0 Å². The molecule has 3 amide bonds. The molecule has 0 unspecified atom stereocenters. The van der Waals surface area contributed by atoms with E-state index in [2.05, 4.69) is 15.6 Å². The minimum atomic E-state index is -0.667. The summed E-state index contributed by atoms with van der Waals surface area (Å²) >= 11 is 13.2. The monoisotopic (exact) mass is 406 g/mol. The maximum Gasteiger partial charge on any atom is 0.316 e. The molecule has 0 aliphatic rings. The van der Waals surface area contributed by atoms with Crippen LogP contribution in [0.5, 0.6) is 0 Å². The number of anilines is 2. The highest BCUT2D eigenvalue weighted by atomic mass is 35.5. The van der Waals surface area contributed by atoms with Crippen molar-refractivity contribution in [2.75, 3.05) is 10.6 Å². The van der Waals surface area contributed by atoms with E-state index >= 15 is 0 Å². The Morgan fingerprint density at radius 2 is 1.73 bits per heavy atom. The Labute approximate surface area is 163 Å². The van der Waals surface area contributed by atoms with Crippen LogP contribution in [-0.4, -0.2) is 16.9 Å². The van der Waals surface area contributed by atoms with E-state index in [-0.39, 0.29) is 5.91 Å². The summed E-state index contributed by atoms with van der Waals surface area (Å²) in [7, 11) is 0. The molecule has 1 aromatic heterocycles. The number of carbonyl (C=O) groups is 2. The summed E-state index contributed by atoms with van der Waals surface area (Å²) in [5, 5.41) is 8.33. The highest BCUT2D eigenvalue weighted by Gasteiger charge is 2.11. The molecule has 2 aromatic carbocycles. The number of nitrogens with one attached hydrogen (secondary N) is 2. The van der Waals surface area contributed by atoms with E-state index in [4.69, 9.17) is 28.9 Å². The van der Waals surface area contributed by atoms with E-state index in [1.54, 1.807) is 42.5 Å². The maximum atomic E-state index is 12.3. The van der Waals surface area contributed by atoms with Gasteiger partial charge in [0, 0.05) is 22.2 Å². The van der Waals surface area contributed by atoms with Crippen molar-refractivity contribution in [1.29, 1.82) is 0 Å². The summed E-state index contributed by atoms with van der Waals surface area (Å²) in [6.07, 6.45) is 0. The molecule has 0 spiro atoms. The van der Waals surface area contributed by atoms with Gasteiger partial charge in [-0.25, -0.2) is 9.78 Å². The van der Waals surface area contributed by atoms with Crippen molar-refractivity contribution < 1.29 is 9.59 Å². The molecule has 4 N–H and O–H groups in total. The van der Waals surface area contributed by atoms with E-state index in [1.807, 2.05) is 5.38 Å². The molecular weight excluding hydrogens is 395 g/mol. The number of primary amides is 1. The van der Waals surface area contributed by atoms with E-state index in [9.17, 15) is 9.59 Å². The highest BCUT2D eigenvalue weighted by molar-refractivity contribution is 7.14. The number of nitrogens with two attached hydrogens (primary N) is 1. The Hall–Kier alpha value is -2.61. The second kappa shape index (κ2) is 7.74. The van der Waals surface area contributed by atoms with Crippen LogP contribution in [0, 0.1) is 0 Å². The van der Waals surface area contributed by atoms with Gasteiger partial charge in [0.15, 0.2) is 5.13 Å². The predicted octanol–water partition coefficient (Wildman–Crippen LogP) is 4.86. The highest BCUT2D eigenvalue weighted by Crippen LogP contribution is 2.30. The minimum absolute atomic E-state index is 0.314. The number of aromatic nitrogens is 1. The van der Waals surface area contributed by atoms with Gasteiger partial charge in [0.05, 0.1) is 15.7 Å². The van der Waals surface area contributed by atoms with Crippen molar-refractivity contribution in [2.24, 2.45) is 5.73 Å². The summed E-state index contributed by atoms with van der Waals surface area (Å²) in [4.78, 5) is 27.5. The van der Waals surface area contributed by atoms with Gasteiger partial charge in [0.25, 0.3) is 5.91 Å². The second-order valence-corrected chi connectivity index (χ2v) is 6.86. The zero-order chi connectivity index (χ0) is 18.7. The number of hydrogen-bond acceptors (Lipinski definition) is 4. The zero-order valence-corrected chi connectivity index (χ0v) is 15.5. The number of thiazole rings is 1. The van der Waals surface area contributed by atoms with Crippen molar-refractivity contribution in [1.82, 2.24) is 4.98 Å². The van der Waals surface area contributed by atoms with Crippen molar-refractivity contribution in [2.45, 2.75) is 0 Å². The first-order chi connectivity index (χ1) is 12.4. The summed E-state index contributed by atoms with van der Waals surface area (Å²) in [6, 6.07) is 10.9. The number of nitrogens with zero attached hydrogens (tertiary/aromatic N) is 1. The Balaban J connectivity index is 1.71. The van der Waals surface area contributed by atoms with Crippen LogP contribution in [0.15, 0.2) is 47.8 Å². The Morgan fingerprint density at radius 1 is 1.00 bits per heavy atom. The van der Waals surface area contributed by atoms with Crippen LogP contribution in [-0.2, 0) is 0 Å². The lowest BCUT2D eigenvalue weighted by atomic mass is 10.2. The fraction of sp³-hybridized carbons (Fsp3) is 0. The van der Waals surface area contributed by atoms with Gasteiger partial charge in [-0.2, -0.15) is 0 Å². The first-order valence-corrected chi connectivity index (χ1v) is 8.95. The first-order valence-electron chi connectivity index (χ1n) is 7.31. The number of carbonyl (C=O) groups excluding carboxylic acids is 2. The van der Waals surface area contributed by atoms with Crippen LogP contribution in [0.4, 0.5) is 15.6 Å². The van der Waals surface area contributed by atoms with E-state index in [0.29, 0.717) is 32.1 Å². The molecular formula is C17H12Cl2N4O2S. The van der Waals surface area contributed by atoms with E-state index in [1.165, 1.54) is 11.3 Å². The average Bonchev–Trinajstić information content (AvgIpc) is 3.06. The SMILES string of the molecule is NC(=O)Nc1ccc(C(=O)Nc2nc(-c3ccc(Cl)c(Cl)c3)cs2)cc1. The van der Waals surface area contributed by atoms with Crippen LogP contribution in [0.1, 0.15) is 10.4 Å². The fourth-order valence-corrected chi connectivity index (χ4v) is 3.15. The summed E-state index contributed by atoms with van der Waals surface area (Å²) in [6.45, 7) is 0. The van der Waals surface area contributed by atoms with Gasteiger partial charge in [0.2, 0.25) is 0 Å². The van der Waals surface area contributed by atoms with Gasteiger partial charge >= 0.3 is 6.03 Å². The van der Waals surface area contributed by atoms with Crippen molar-refractivity contribution in [3.8, 4) is 11.3 Å². The van der Waals surface area contributed by atoms with Crippen LogP contribution in [0.2, 0.25) is 10.0 Å². The third-order valence-electron chi connectivity index (χ3n) is 3.35. The minimum Gasteiger partial charge on any atom is -0.351 e. The number of amides is 3. The Kier molecular flexibility index (Phi) is 5.41. The topological polar surface area (TPSA) is 97.1 Å². The molecule has 0 bridgehead atoms. The quantitative estimate of drug-likeness (QED) is 0.576. The van der Waals surface area contributed by atoms with Crippen LogP contribution >= 0.6 is 34.5 Å². The number of hydrogen-bond donors (Lipinski definition) is 3. The molecule has 3 aromatic rings. The van der Waals surface area contributed by atoms with Crippen molar-refractivity contribution >= 4 is 57.3 Å². The molecule has 0 saturated heterocycles. The standard InChI is InChI=1S/C17H12Cl2N4O2S/c18-12-6-3-10(7-13(12)19)14-8-26-17(22-14)23-15(24)9-1-4-11(5-2-9)21-16(20)25/h1-8H,(H3,20,21,25)(H,22,23,24). The lowest BCUT2D eigenvalue weighted by Gasteiger charge is -2.04. The lowest BCUT2D eigenvalue weighted by Crippen LogP contribution is -2.19. The Bertz CT molecular complexity index is 973. The fourth-order valence-electron chi connectivity index (χ4n) is 2.14. The number of benzene rings is 2. The van der Waals surface area contributed by atoms with Gasteiger partial charge in [-0.3, -0.25) is 10.1 Å². The normalized spacial score (nSPS) is 10.4. The van der Waals surface area contributed by atoms with E-state index < -0.39 is 6.03 Å². The lowest BCUT2D eigenvalue weighted by molar-refractivity contribution is 0.102. The summed E-state index contributed by atoms with van der Waals surface area (Å²) in [5.41, 5.74) is 7.46. The second-order valence-electron chi connectivity index (χ2n) is 5.19. The largest absolute Gasteiger partial charge is 0.351 e. The zero-order valence-electron chi connectivity index (χ0n) is 13.1. The average molecular weight is 407 g/mol. The molecule has 0 aliphatic carbocycles. The van der Waals surface area contributed by atoms with Gasteiger partial charge in [-0.15, -0.1) is 11.3 Å². The van der Waals surface area contributed by atoms with Crippen LogP contribution in [0.3, 0.4) is 0 Å². The van der Waals surface area contributed by atoms with Crippen molar-refractivity contribution in [3.05, 3.63) is 63.5 Å². The third kappa shape index (κ3) is 4.32. The molecule has 0 saturated carbocycles. The molecule has 1 heterocycles. The molecule has 0 radical (unpaired) electrons. The predicted molar refractivity (Wildman–Crippen MR) is 105 cm³/mol. The molecule has 9 heteroatoms. The van der Waals surface area contributed by atoms with E-state index in [0.717, 1.165) is 5.56 Å². The number of rotatable bonds is 4. The molecule has 132 valence electrons. The van der Waals surface area contributed by atoms with Gasteiger partial charge in [-0.1, -0.05) is 29.3 Å². The van der Waals surface area contributed by atoms with Gasteiger partial charge in [-0.05, 0) is 36.4 Å². The Morgan fingerprint density at radius 3 is 2.38 bits per heavy atom. The van der Waals surface area contributed by atoms with Crippen LogP contribution in [0.25, 0.3) is 11.3 Å². The molecule has 6 nitrogen and oxygen atoms in total. The number of urea groups is 1. The molecule has 26 heavy (non-hydrogen) atoms. The third-order valence-corrected chi connectivity index (χ3v) is 4.85. The summed E-state index contributed by atoms with van der Waals surface area (Å²) < 4.78 is 0. The van der Waals surface area contributed by atoms with Crippen LogP contribution < -0.4 is 16.4 Å².